The third kappa shape index (κ3) is 5.05. The molecule has 39 heavy (non-hydrogen) atoms. The van der Waals surface area contributed by atoms with Crippen LogP contribution in [0.25, 0.3) is 0 Å². The number of methoxy groups -OCH3 is 1. The van der Waals surface area contributed by atoms with E-state index in [0.717, 1.165) is 11.1 Å². The maximum absolute atomic E-state index is 13.0. The fourth-order valence-electron chi connectivity index (χ4n) is 5.25. The lowest BCUT2D eigenvalue weighted by molar-refractivity contribution is -0.385. The smallest absolute Gasteiger partial charge is 0.310 e. The zero-order valence-electron chi connectivity index (χ0n) is 21.3. The Morgan fingerprint density at radius 1 is 1.13 bits per heavy atom. The summed E-state index contributed by atoms with van der Waals surface area (Å²) >= 11 is 0. The molecule has 0 saturated carbocycles. The fraction of sp³-hybridized carbons (Fsp3) is 0.357. The number of ether oxygens (including phenoxy) is 1. The van der Waals surface area contributed by atoms with Gasteiger partial charge in [0.25, 0.3) is 11.8 Å². The summed E-state index contributed by atoms with van der Waals surface area (Å²) in [5.74, 6) is 5.37. The minimum Gasteiger partial charge on any atom is -0.490 e. The van der Waals surface area contributed by atoms with Crippen molar-refractivity contribution in [3.05, 3.63) is 68.8 Å². The summed E-state index contributed by atoms with van der Waals surface area (Å²) in [6.07, 6.45) is 1.83. The molecular formula is C28H26N4O7. The van der Waals surface area contributed by atoms with E-state index in [2.05, 4.69) is 17.2 Å². The number of hydrogen-bond acceptors (Lipinski definition) is 7. The minimum absolute atomic E-state index is 0.0386. The molecule has 4 amide bonds. The van der Waals surface area contributed by atoms with E-state index >= 15 is 0 Å². The third-order valence-corrected chi connectivity index (χ3v) is 7.40. The average molecular weight is 531 g/mol. The first kappa shape index (κ1) is 25.9. The van der Waals surface area contributed by atoms with Crippen LogP contribution >= 0.6 is 0 Å². The van der Waals surface area contributed by atoms with Crippen LogP contribution in [-0.4, -0.2) is 64.6 Å². The van der Waals surface area contributed by atoms with E-state index < -0.39 is 16.9 Å². The highest BCUT2D eigenvalue weighted by molar-refractivity contribution is 6.05. The molecule has 0 radical (unpaired) electrons. The van der Waals surface area contributed by atoms with Crippen molar-refractivity contribution >= 4 is 29.3 Å². The highest BCUT2D eigenvalue weighted by Gasteiger charge is 2.39. The molecule has 0 aromatic heterocycles. The Hall–Kier alpha value is -4.72. The first-order valence-corrected chi connectivity index (χ1v) is 12.7. The quantitative estimate of drug-likeness (QED) is 0.277. The SMILES string of the molecule is COc1cc(C(=O)N2CCC(C#Cc3cccc4c3CN(C3CCC(=O)NC3=O)C4=O)CC2)ccc1[N+](=O)[O-]. The van der Waals surface area contributed by atoms with Crippen molar-refractivity contribution in [2.24, 2.45) is 5.92 Å². The number of carbonyl (C=O) groups excluding carboxylic acids is 4. The van der Waals surface area contributed by atoms with Crippen molar-refractivity contribution in [1.29, 1.82) is 0 Å². The largest absolute Gasteiger partial charge is 0.490 e. The van der Waals surface area contributed by atoms with Crippen LogP contribution in [0.3, 0.4) is 0 Å². The molecular weight excluding hydrogens is 504 g/mol. The molecule has 3 aliphatic heterocycles. The third-order valence-electron chi connectivity index (χ3n) is 7.40. The maximum Gasteiger partial charge on any atom is 0.310 e. The second-order valence-electron chi connectivity index (χ2n) is 9.71. The Kier molecular flexibility index (Phi) is 7.02. The molecule has 5 rings (SSSR count). The number of amides is 4. The van der Waals surface area contributed by atoms with Gasteiger partial charge in [-0.05, 0) is 43.0 Å². The van der Waals surface area contributed by atoms with Gasteiger partial charge in [0.05, 0.1) is 12.0 Å². The highest BCUT2D eigenvalue weighted by atomic mass is 16.6. The number of piperidine rings is 2. The fourth-order valence-corrected chi connectivity index (χ4v) is 5.25. The van der Waals surface area contributed by atoms with Gasteiger partial charge in [-0.2, -0.15) is 0 Å². The molecule has 1 unspecified atom stereocenters. The molecule has 1 N–H and O–H groups in total. The van der Waals surface area contributed by atoms with Crippen LogP contribution in [-0.2, 0) is 16.1 Å². The Labute approximate surface area is 224 Å². The molecule has 3 heterocycles. The van der Waals surface area contributed by atoms with Crippen LogP contribution in [0.4, 0.5) is 5.69 Å². The van der Waals surface area contributed by atoms with Crippen molar-refractivity contribution in [1.82, 2.24) is 15.1 Å². The summed E-state index contributed by atoms with van der Waals surface area (Å²) in [6, 6.07) is 8.77. The molecule has 11 nitrogen and oxygen atoms in total. The Morgan fingerprint density at radius 3 is 2.59 bits per heavy atom. The summed E-state index contributed by atoms with van der Waals surface area (Å²) in [7, 11) is 1.32. The minimum atomic E-state index is -0.680. The summed E-state index contributed by atoms with van der Waals surface area (Å²) in [4.78, 5) is 63.6. The second kappa shape index (κ2) is 10.6. The monoisotopic (exact) mass is 530 g/mol. The number of rotatable bonds is 4. The van der Waals surface area contributed by atoms with Crippen LogP contribution in [0.15, 0.2) is 36.4 Å². The van der Waals surface area contributed by atoms with E-state index in [1.54, 1.807) is 17.0 Å². The molecule has 200 valence electrons. The van der Waals surface area contributed by atoms with Crippen LogP contribution in [0.1, 0.15) is 57.5 Å². The predicted molar refractivity (Wildman–Crippen MR) is 138 cm³/mol. The standard InChI is InChI=1S/C28H26N4O7/c1-39-24-15-19(7-8-22(24)32(37)38)27(35)30-13-11-17(12-14-30)5-6-18-3-2-4-20-21(18)16-31(28(20)36)23-9-10-25(33)29-26(23)34/h2-4,7-8,15,17,23H,9-14,16H2,1H3,(H,29,33,34). The van der Waals surface area contributed by atoms with Crippen LogP contribution in [0.2, 0.25) is 0 Å². The molecule has 0 spiro atoms. The van der Waals surface area contributed by atoms with Crippen molar-refractivity contribution in [3.8, 4) is 17.6 Å². The summed E-state index contributed by atoms with van der Waals surface area (Å²) in [5.41, 5.74) is 2.15. The zero-order valence-corrected chi connectivity index (χ0v) is 21.3. The number of nitrogens with one attached hydrogen (secondary N) is 1. The van der Waals surface area contributed by atoms with Crippen LogP contribution in [0.5, 0.6) is 5.75 Å². The van der Waals surface area contributed by atoms with E-state index in [1.807, 2.05) is 6.07 Å². The van der Waals surface area contributed by atoms with Crippen LogP contribution < -0.4 is 10.1 Å². The molecule has 11 heteroatoms. The lowest BCUT2D eigenvalue weighted by atomic mass is 9.95. The second-order valence-corrected chi connectivity index (χ2v) is 9.71. The van der Waals surface area contributed by atoms with E-state index in [1.165, 1.54) is 30.2 Å². The first-order valence-electron chi connectivity index (χ1n) is 12.7. The Balaban J connectivity index is 1.24. The predicted octanol–water partition coefficient (Wildman–Crippen LogP) is 2.27. The van der Waals surface area contributed by atoms with E-state index in [9.17, 15) is 29.3 Å². The summed E-state index contributed by atoms with van der Waals surface area (Å²) in [6.45, 7) is 1.25. The molecule has 2 fully saturated rings. The molecule has 2 saturated heterocycles. The van der Waals surface area contributed by atoms with Gasteiger partial charge in [0.1, 0.15) is 6.04 Å². The lowest BCUT2D eigenvalue weighted by Gasteiger charge is -2.30. The van der Waals surface area contributed by atoms with Crippen molar-refractivity contribution < 1.29 is 28.8 Å². The number of nitro groups is 1. The zero-order chi connectivity index (χ0) is 27.7. The molecule has 2 aromatic carbocycles. The maximum atomic E-state index is 13.0. The summed E-state index contributed by atoms with van der Waals surface area (Å²) in [5, 5.41) is 13.4. The van der Waals surface area contributed by atoms with Gasteiger partial charge in [-0.15, -0.1) is 0 Å². The van der Waals surface area contributed by atoms with Gasteiger partial charge in [0.15, 0.2) is 5.75 Å². The number of likely N-dealkylation sites (tertiary alicyclic amines) is 1. The summed E-state index contributed by atoms with van der Waals surface area (Å²) < 4.78 is 5.08. The van der Waals surface area contributed by atoms with Gasteiger partial charge >= 0.3 is 5.69 Å². The number of hydrogen-bond donors (Lipinski definition) is 1. The number of imide groups is 1. The van der Waals surface area contributed by atoms with Gasteiger partial charge in [0, 0.05) is 60.8 Å². The van der Waals surface area contributed by atoms with E-state index in [-0.39, 0.29) is 48.0 Å². The van der Waals surface area contributed by atoms with Crippen molar-refractivity contribution in [2.45, 2.75) is 38.3 Å². The Bertz CT molecular complexity index is 1450. The number of benzene rings is 2. The number of nitro benzene ring substituents is 1. The van der Waals surface area contributed by atoms with Crippen LogP contribution in [0, 0.1) is 27.9 Å². The number of carbonyl (C=O) groups is 4. The van der Waals surface area contributed by atoms with Gasteiger partial charge in [-0.3, -0.25) is 34.6 Å². The molecule has 2 aromatic rings. The first-order chi connectivity index (χ1) is 18.8. The number of fused-ring (bicyclic) bond motifs is 1. The molecule has 0 bridgehead atoms. The van der Waals surface area contributed by atoms with Crippen molar-refractivity contribution in [2.75, 3.05) is 20.2 Å². The van der Waals surface area contributed by atoms with Crippen molar-refractivity contribution in [3.63, 3.8) is 0 Å². The molecule has 1 atom stereocenters. The normalized spacial score (nSPS) is 19.2. The Morgan fingerprint density at radius 2 is 1.90 bits per heavy atom. The molecule has 3 aliphatic rings. The van der Waals surface area contributed by atoms with Gasteiger partial charge in [-0.1, -0.05) is 17.9 Å². The van der Waals surface area contributed by atoms with Gasteiger partial charge in [-0.25, -0.2) is 0 Å². The van der Waals surface area contributed by atoms with Gasteiger partial charge < -0.3 is 14.5 Å². The van der Waals surface area contributed by atoms with E-state index in [4.69, 9.17) is 4.74 Å². The van der Waals surface area contributed by atoms with E-state index in [0.29, 0.717) is 43.5 Å². The average Bonchev–Trinajstić information content (AvgIpc) is 3.27. The highest BCUT2D eigenvalue weighted by Crippen LogP contribution is 2.31. The topological polar surface area (TPSA) is 139 Å². The van der Waals surface area contributed by atoms with Gasteiger partial charge in [0.2, 0.25) is 11.8 Å². The lowest BCUT2D eigenvalue weighted by Crippen LogP contribution is -2.52. The molecule has 0 aliphatic carbocycles. The number of nitrogens with zero attached hydrogens (tertiary/aromatic N) is 3.